The summed E-state index contributed by atoms with van der Waals surface area (Å²) in [4.78, 5) is 21.7. The highest BCUT2D eigenvalue weighted by Crippen LogP contribution is 2.30. The van der Waals surface area contributed by atoms with Crippen LogP contribution < -0.4 is 5.32 Å². The maximum atomic E-state index is 10.9. The van der Waals surface area contributed by atoms with Crippen molar-refractivity contribution in [1.29, 1.82) is 0 Å². The monoisotopic (exact) mass is 241 g/mol. The highest BCUT2D eigenvalue weighted by atomic mass is 16.1. The fraction of sp³-hybridized carbons (Fsp3) is 0.857. The predicted molar refractivity (Wildman–Crippen MR) is 70.8 cm³/mol. The summed E-state index contributed by atoms with van der Waals surface area (Å²) in [5, 5.41) is 2.85. The second-order valence-corrected chi connectivity index (χ2v) is 5.97. The number of hydrogen-bond acceptors (Lipinski definition) is 2. The average Bonchev–Trinajstić information content (AvgIpc) is 2.12. The van der Waals surface area contributed by atoms with Crippen LogP contribution >= 0.6 is 0 Å². The van der Waals surface area contributed by atoms with Gasteiger partial charge in [-0.25, -0.2) is 0 Å². The van der Waals surface area contributed by atoms with Crippen LogP contribution in [0.15, 0.2) is 0 Å². The van der Waals surface area contributed by atoms with Gasteiger partial charge in [0.1, 0.15) is 5.78 Å². The van der Waals surface area contributed by atoms with Gasteiger partial charge in [0, 0.05) is 19.9 Å². The molecule has 100 valence electrons. The maximum Gasteiger partial charge on any atom is 0.216 e. The van der Waals surface area contributed by atoms with Crippen LogP contribution in [0.1, 0.15) is 60.3 Å². The van der Waals surface area contributed by atoms with Crippen LogP contribution in [0.2, 0.25) is 0 Å². The summed E-state index contributed by atoms with van der Waals surface area (Å²) in [5.41, 5.74) is 0.243. The van der Waals surface area contributed by atoms with Crippen LogP contribution in [0.5, 0.6) is 0 Å². The Balaban J connectivity index is 3.89. The van der Waals surface area contributed by atoms with Gasteiger partial charge in [-0.15, -0.1) is 0 Å². The van der Waals surface area contributed by atoms with E-state index in [1.54, 1.807) is 13.8 Å². The van der Waals surface area contributed by atoms with Crippen LogP contribution in [0.4, 0.5) is 0 Å². The number of nitrogens with one attached hydrogen (secondary N) is 1. The summed E-state index contributed by atoms with van der Waals surface area (Å²) in [6.45, 7) is 10.6. The molecule has 0 aliphatic heterocycles. The van der Waals surface area contributed by atoms with Crippen molar-refractivity contribution in [2.24, 2.45) is 11.3 Å². The molecule has 0 fully saturated rings. The largest absolute Gasteiger partial charge is 0.356 e. The zero-order valence-corrected chi connectivity index (χ0v) is 11.9. The van der Waals surface area contributed by atoms with E-state index in [1.807, 2.05) is 0 Å². The molecule has 0 aliphatic carbocycles. The lowest BCUT2D eigenvalue weighted by molar-refractivity contribution is -0.119. The standard InChI is InChI=1S/C14H27NO2/c1-11(10-15-13(3)17)9-14(4,5)8-6-7-12(2)16/h11H,6-10H2,1-5H3,(H,15,17). The summed E-state index contributed by atoms with van der Waals surface area (Å²) in [6, 6.07) is 0. The Morgan fingerprint density at radius 1 is 1.24 bits per heavy atom. The third-order valence-corrected chi connectivity index (χ3v) is 2.98. The SMILES string of the molecule is CC(=O)CCCC(C)(C)CC(C)CNC(C)=O. The lowest BCUT2D eigenvalue weighted by atomic mass is 9.79. The minimum atomic E-state index is 0.0336. The number of carbonyl (C=O) groups is 2. The van der Waals surface area contributed by atoms with Crippen molar-refractivity contribution < 1.29 is 9.59 Å². The third kappa shape index (κ3) is 10.0. The van der Waals surface area contributed by atoms with Crippen LogP contribution in [0.3, 0.4) is 0 Å². The summed E-state index contributed by atoms with van der Waals surface area (Å²) >= 11 is 0. The molecule has 1 atom stereocenters. The van der Waals surface area contributed by atoms with Gasteiger partial charge < -0.3 is 10.1 Å². The Hall–Kier alpha value is -0.860. The highest BCUT2D eigenvalue weighted by Gasteiger charge is 2.20. The topological polar surface area (TPSA) is 46.2 Å². The molecule has 0 aromatic carbocycles. The number of ketones is 1. The van der Waals surface area contributed by atoms with Gasteiger partial charge in [-0.1, -0.05) is 20.8 Å². The van der Waals surface area contributed by atoms with Gasteiger partial charge in [0.2, 0.25) is 5.91 Å². The molecule has 0 aromatic rings. The first-order valence-electron chi connectivity index (χ1n) is 6.47. The number of Topliss-reactive ketones (excluding diaryl/α,β-unsaturated/α-hetero) is 1. The summed E-state index contributed by atoms with van der Waals surface area (Å²) in [5.74, 6) is 0.782. The molecule has 0 spiro atoms. The zero-order valence-electron chi connectivity index (χ0n) is 11.9. The number of carbonyl (C=O) groups excluding carboxylic acids is 2. The quantitative estimate of drug-likeness (QED) is 0.710. The van der Waals surface area contributed by atoms with Crippen molar-refractivity contribution in [3.8, 4) is 0 Å². The average molecular weight is 241 g/mol. The molecular formula is C14H27NO2. The molecule has 0 aromatic heterocycles. The van der Waals surface area contributed by atoms with Gasteiger partial charge >= 0.3 is 0 Å². The fourth-order valence-electron chi connectivity index (χ4n) is 2.25. The van der Waals surface area contributed by atoms with Crippen molar-refractivity contribution in [2.45, 2.75) is 60.3 Å². The van der Waals surface area contributed by atoms with Crippen molar-refractivity contribution in [3.63, 3.8) is 0 Å². The van der Waals surface area contributed by atoms with E-state index >= 15 is 0 Å². The van der Waals surface area contributed by atoms with Gasteiger partial charge in [-0.2, -0.15) is 0 Å². The summed E-state index contributed by atoms with van der Waals surface area (Å²) in [6.07, 6.45) is 3.79. The van der Waals surface area contributed by atoms with E-state index in [2.05, 4.69) is 26.1 Å². The fourth-order valence-corrected chi connectivity index (χ4v) is 2.25. The molecule has 1 unspecified atom stereocenters. The number of amides is 1. The van der Waals surface area contributed by atoms with E-state index in [0.717, 1.165) is 25.8 Å². The van der Waals surface area contributed by atoms with Crippen LogP contribution in [-0.4, -0.2) is 18.2 Å². The Morgan fingerprint density at radius 2 is 1.82 bits per heavy atom. The first-order chi connectivity index (χ1) is 7.73. The first-order valence-corrected chi connectivity index (χ1v) is 6.47. The summed E-state index contributed by atoms with van der Waals surface area (Å²) < 4.78 is 0. The lowest BCUT2D eigenvalue weighted by Crippen LogP contribution is -2.28. The van der Waals surface area contributed by atoms with Gasteiger partial charge in [0.15, 0.2) is 0 Å². The second-order valence-electron chi connectivity index (χ2n) is 5.97. The van der Waals surface area contributed by atoms with Crippen LogP contribution in [-0.2, 0) is 9.59 Å². The molecule has 1 amide bonds. The molecule has 17 heavy (non-hydrogen) atoms. The molecule has 0 bridgehead atoms. The zero-order chi connectivity index (χ0) is 13.5. The molecule has 0 radical (unpaired) electrons. The van der Waals surface area contributed by atoms with Crippen molar-refractivity contribution in [3.05, 3.63) is 0 Å². The van der Waals surface area contributed by atoms with Gasteiger partial charge in [-0.05, 0) is 37.5 Å². The summed E-state index contributed by atoms with van der Waals surface area (Å²) in [7, 11) is 0. The van der Waals surface area contributed by atoms with Crippen molar-refractivity contribution in [2.75, 3.05) is 6.54 Å². The normalized spacial score (nSPS) is 13.2. The van der Waals surface area contributed by atoms with E-state index in [-0.39, 0.29) is 17.1 Å². The minimum Gasteiger partial charge on any atom is -0.356 e. The predicted octanol–water partition coefficient (Wildman–Crippen LogP) is 2.93. The Kier molecular flexibility index (Phi) is 7.09. The Bertz CT molecular complexity index is 259. The maximum absolute atomic E-state index is 10.9. The third-order valence-electron chi connectivity index (χ3n) is 2.98. The smallest absolute Gasteiger partial charge is 0.216 e. The molecule has 3 nitrogen and oxygen atoms in total. The van der Waals surface area contributed by atoms with Crippen molar-refractivity contribution >= 4 is 11.7 Å². The minimum absolute atomic E-state index is 0.0336. The molecular weight excluding hydrogens is 214 g/mol. The van der Waals surface area contributed by atoms with Crippen molar-refractivity contribution in [1.82, 2.24) is 5.32 Å². The van der Waals surface area contributed by atoms with Gasteiger partial charge in [-0.3, -0.25) is 4.79 Å². The lowest BCUT2D eigenvalue weighted by Gasteiger charge is -2.28. The highest BCUT2D eigenvalue weighted by molar-refractivity contribution is 5.75. The molecule has 0 saturated heterocycles. The first kappa shape index (κ1) is 16.1. The number of rotatable bonds is 8. The molecule has 0 rings (SSSR count). The second kappa shape index (κ2) is 7.46. The molecule has 0 aliphatic rings. The molecule has 3 heteroatoms. The Labute approximate surface area is 105 Å². The van der Waals surface area contributed by atoms with Crippen LogP contribution in [0, 0.1) is 11.3 Å². The Morgan fingerprint density at radius 3 is 2.29 bits per heavy atom. The number of hydrogen-bond donors (Lipinski definition) is 1. The van der Waals surface area contributed by atoms with Gasteiger partial charge in [0.25, 0.3) is 0 Å². The molecule has 0 saturated carbocycles. The van der Waals surface area contributed by atoms with Crippen LogP contribution in [0.25, 0.3) is 0 Å². The molecule has 0 heterocycles. The van der Waals surface area contributed by atoms with E-state index in [9.17, 15) is 9.59 Å². The van der Waals surface area contributed by atoms with E-state index < -0.39 is 0 Å². The van der Waals surface area contributed by atoms with E-state index in [1.165, 1.54) is 0 Å². The van der Waals surface area contributed by atoms with E-state index in [0.29, 0.717) is 12.3 Å². The van der Waals surface area contributed by atoms with E-state index in [4.69, 9.17) is 0 Å². The molecule has 1 N–H and O–H groups in total. The van der Waals surface area contributed by atoms with Gasteiger partial charge in [0.05, 0.1) is 0 Å².